The topological polar surface area (TPSA) is 55.6 Å². The van der Waals surface area contributed by atoms with Crippen LogP contribution in [0.2, 0.25) is 0 Å². The average Bonchev–Trinajstić information content (AvgIpc) is 2.43. The van der Waals surface area contributed by atoms with Crippen molar-refractivity contribution in [3.63, 3.8) is 0 Å². The van der Waals surface area contributed by atoms with E-state index in [-0.39, 0.29) is 11.9 Å². The summed E-state index contributed by atoms with van der Waals surface area (Å²) < 4.78 is 5.77. The standard InChI is InChI=1S/C14H26N2O2/c1-2-3-6-12(15)14(17)16-8-7-13-11(10-16)5-4-9-18-13/h11-13H,2-10,15H2,1H3/t11-,12-,13-/m0/s1. The predicted molar refractivity (Wildman–Crippen MR) is 71.2 cm³/mol. The van der Waals surface area contributed by atoms with Crippen molar-refractivity contribution >= 4 is 5.91 Å². The van der Waals surface area contributed by atoms with Gasteiger partial charge in [0.1, 0.15) is 0 Å². The Morgan fingerprint density at radius 3 is 3.11 bits per heavy atom. The van der Waals surface area contributed by atoms with Gasteiger partial charge < -0.3 is 15.4 Å². The van der Waals surface area contributed by atoms with Crippen molar-refractivity contribution in [3.8, 4) is 0 Å². The number of nitrogens with zero attached hydrogens (tertiary/aromatic N) is 1. The Morgan fingerprint density at radius 1 is 1.50 bits per heavy atom. The van der Waals surface area contributed by atoms with Crippen LogP contribution in [0, 0.1) is 5.92 Å². The third kappa shape index (κ3) is 3.23. The summed E-state index contributed by atoms with van der Waals surface area (Å²) in [5, 5.41) is 0. The Morgan fingerprint density at radius 2 is 2.33 bits per heavy atom. The zero-order valence-electron chi connectivity index (χ0n) is 11.4. The summed E-state index contributed by atoms with van der Waals surface area (Å²) in [4.78, 5) is 14.2. The maximum atomic E-state index is 12.2. The van der Waals surface area contributed by atoms with Gasteiger partial charge in [-0.3, -0.25) is 4.79 Å². The first kappa shape index (κ1) is 13.8. The quantitative estimate of drug-likeness (QED) is 0.828. The van der Waals surface area contributed by atoms with Crippen LogP contribution in [0.25, 0.3) is 0 Å². The van der Waals surface area contributed by atoms with Gasteiger partial charge in [-0.15, -0.1) is 0 Å². The molecule has 0 aromatic heterocycles. The van der Waals surface area contributed by atoms with Crippen LogP contribution in [0.3, 0.4) is 0 Å². The molecule has 1 amide bonds. The van der Waals surface area contributed by atoms with E-state index in [1.54, 1.807) is 0 Å². The minimum Gasteiger partial charge on any atom is -0.378 e. The van der Waals surface area contributed by atoms with Crippen LogP contribution in [-0.4, -0.2) is 42.6 Å². The molecular weight excluding hydrogens is 228 g/mol. The number of carbonyl (C=O) groups is 1. The SMILES string of the molecule is CCCC[C@H](N)C(=O)N1CC[C@@H]2OCCC[C@H]2C1. The second-order valence-corrected chi connectivity index (χ2v) is 5.63. The molecule has 0 aromatic carbocycles. The molecule has 2 saturated heterocycles. The van der Waals surface area contributed by atoms with Crippen LogP contribution in [0.15, 0.2) is 0 Å². The first-order valence-corrected chi connectivity index (χ1v) is 7.38. The molecule has 104 valence electrons. The van der Waals surface area contributed by atoms with Crippen LogP contribution in [0.4, 0.5) is 0 Å². The van der Waals surface area contributed by atoms with Crippen LogP contribution in [0.5, 0.6) is 0 Å². The molecule has 3 atom stereocenters. The van der Waals surface area contributed by atoms with E-state index in [1.807, 2.05) is 4.90 Å². The summed E-state index contributed by atoms with van der Waals surface area (Å²) in [5.41, 5.74) is 5.98. The van der Waals surface area contributed by atoms with E-state index in [1.165, 1.54) is 6.42 Å². The fourth-order valence-corrected chi connectivity index (χ4v) is 3.07. The predicted octanol–water partition coefficient (Wildman–Crippen LogP) is 1.53. The highest BCUT2D eigenvalue weighted by Crippen LogP contribution is 2.28. The highest BCUT2D eigenvalue weighted by Gasteiger charge is 2.34. The molecule has 4 nitrogen and oxygen atoms in total. The van der Waals surface area contributed by atoms with Gasteiger partial charge in [0.25, 0.3) is 0 Å². The van der Waals surface area contributed by atoms with Gasteiger partial charge in [-0.1, -0.05) is 19.8 Å². The molecular formula is C14H26N2O2. The molecule has 2 N–H and O–H groups in total. The van der Waals surface area contributed by atoms with E-state index in [0.717, 1.165) is 51.8 Å². The molecule has 2 fully saturated rings. The van der Waals surface area contributed by atoms with E-state index < -0.39 is 0 Å². The summed E-state index contributed by atoms with van der Waals surface area (Å²) in [5.74, 6) is 0.683. The molecule has 0 saturated carbocycles. The molecule has 0 unspecified atom stereocenters. The van der Waals surface area contributed by atoms with Gasteiger partial charge in [-0.25, -0.2) is 0 Å². The number of hydrogen-bond acceptors (Lipinski definition) is 3. The lowest BCUT2D eigenvalue weighted by atomic mass is 9.88. The van der Waals surface area contributed by atoms with Gasteiger partial charge in [-0.05, 0) is 25.7 Å². The number of rotatable bonds is 4. The summed E-state index contributed by atoms with van der Waals surface area (Å²) >= 11 is 0. The Bertz CT molecular complexity index is 283. The van der Waals surface area contributed by atoms with E-state index >= 15 is 0 Å². The van der Waals surface area contributed by atoms with Gasteiger partial charge in [0, 0.05) is 25.6 Å². The lowest BCUT2D eigenvalue weighted by Gasteiger charge is -2.41. The highest BCUT2D eigenvalue weighted by molar-refractivity contribution is 5.81. The molecule has 4 heteroatoms. The van der Waals surface area contributed by atoms with Crippen LogP contribution in [0.1, 0.15) is 45.4 Å². The number of amides is 1. The Balaban J connectivity index is 1.84. The minimum atomic E-state index is -0.300. The number of likely N-dealkylation sites (tertiary alicyclic amines) is 1. The number of nitrogens with two attached hydrogens (primary N) is 1. The molecule has 0 aromatic rings. The minimum absolute atomic E-state index is 0.146. The monoisotopic (exact) mass is 254 g/mol. The fourth-order valence-electron chi connectivity index (χ4n) is 3.07. The molecule has 18 heavy (non-hydrogen) atoms. The highest BCUT2D eigenvalue weighted by atomic mass is 16.5. The van der Waals surface area contributed by atoms with E-state index in [9.17, 15) is 4.79 Å². The Hall–Kier alpha value is -0.610. The lowest BCUT2D eigenvalue weighted by Crippen LogP contribution is -2.52. The fraction of sp³-hybridized carbons (Fsp3) is 0.929. The van der Waals surface area contributed by atoms with Crippen molar-refractivity contribution in [1.29, 1.82) is 0 Å². The maximum Gasteiger partial charge on any atom is 0.239 e. The Kier molecular flexibility index (Phi) is 5.01. The van der Waals surface area contributed by atoms with Gasteiger partial charge in [0.2, 0.25) is 5.91 Å². The van der Waals surface area contributed by atoms with Crippen molar-refractivity contribution in [2.75, 3.05) is 19.7 Å². The number of piperidine rings is 1. The van der Waals surface area contributed by atoms with E-state index in [4.69, 9.17) is 10.5 Å². The van der Waals surface area contributed by atoms with E-state index in [2.05, 4.69) is 6.92 Å². The maximum absolute atomic E-state index is 12.2. The number of fused-ring (bicyclic) bond motifs is 1. The zero-order valence-corrected chi connectivity index (χ0v) is 11.4. The summed E-state index contributed by atoms with van der Waals surface area (Å²) in [6, 6.07) is -0.300. The first-order chi connectivity index (χ1) is 8.72. The smallest absolute Gasteiger partial charge is 0.239 e. The van der Waals surface area contributed by atoms with Crippen LogP contribution >= 0.6 is 0 Å². The largest absolute Gasteiger partial charge is 0.378 e. The van der Waals surface area contributed by atoms with Crippen LogP contribution in [-0.2, 0) is 9.53 Å². The van der Waals surface area contributed by atoms with Crippen molar-refractivity contribution < 1.29 is 9.53 Å². The molecule has 2 aliphatic rings. The second kappa shape index (κ2) is 6.53. The van der Waals surface area contributed by atoms with Crippen molar-refractivity contribution in [1.82, 2.24) is 4.90 Å². The van der Waals surface area contributed by atoms with E-state index in [0.29, 0.717) is 12.0 Å². The van der Waals surface area contributed by atoms with Gasteiger partial charge in [-0.2, -0.15) is 0 Å². The summed E-state index contributed by atoms with van der Waals surface area (Å²) in [6.07, 6.45) is 6.64. The third-order valence-corrected chi connectivity index (χ3v) is 4.21. The summed E-state index contributed by atoms with van der Waals surface area (Å²) in [6.45, 7) is 4.69. The molecule has 2 heterocycles. The van der Waals surface area contributed by atoms with Crippen LogP contribution < -0.4 is 5.73 Å². The number of unbranched alkanes of at least 4 members (excludes halogenated alkanes) is 1. The lowest BCUT2D eigenvalue weighted by molar-refractivity contribution is -0.140. The molecule has 2 aliphatic heterocycles. The summed E-state index contributed by atoms with van der Waals surface area (Å²) in [7, 11) is 0. The number of carbonyl (C=O) groups excluding carboxylic acids is 1. The third-order valence-electron chi connectivity index (χ3n) is 4.21. The van der Waals surface area contributed by atoms with Crippen molar-refractivity contribution in [2.45, 2.75) is 57.6 Å². The van der Waals surface area contributed by atoms with Gasteiger partial charge in [0.05, 0.1) is 12.1 Å². The average molecular weight is 254 g/mol. The number of ether oxygens (including phenoxy) is 1. The molecule has 2 rings (SSSR count). The molecule has 0 aliphatic carbocycles. The molecule has 0 bridgehead atoms. The normalized spacial score (nSPS) is 29.8. The van der Waals surface area contributed by atoms with Crippen molar-refractivity contribution in [2.24, 2.45) is 11.7 Å². The zero-order chi connectivity index (χ0) is 13.0. The second-order valence-electron chi connectivity index (χ2n) is 5.63. The molecule has 0 radical (unpaired) electrons. The van der Waals surface area contributed by atoms with Gasteiger partial charge >= 0.3 is 0 Å². The number of hydrogen-bond donors (Lipinski definition) is 1. The van der Waals surface area contributed by atoms with Gasteiger partial charge in [0.15, 0.2) is 0 Å². The molecule has 0 spiro atoms. The first-order valence-electron chi connectivity index (χ1n) is 7.38. The van der Waals surface area contributed by atoms with Crippen molar-refractivity contribution in [3.05, 3.63) is 0 Å². The Labute approximate surface area is 110 Å².